The molecule has 1 rings (SSSR count). The zero-order chi connectivity index (χ0) is 13.1. The van der Waals surface area contributed by atoms with Crippen LogP contribution in [-0.2, 0) is 0 Å². The molecule has 0 aromatic rings. The van der Waals surface area contributed by atoms with Crippen LogP contribution in [0.1, 0.15) is 32.6 Å². The first-order valence-electron chi connectivity index (χ1n) is 5.63. The van der Waals surface area contributed by atoms with Crippen LogP contribution in [0.2, 0.25) is 0 Å². The number of hydrogen-bond donors (Lipinski definition) is 1. The van der Waals surface area contributed by atoms with Crippen LogP contribution in [0, 0.1) is 0 Å². The van der Waals surface area contributed by atoms with Crippen LogP contribution < -0.4 is 5.32 Å². The van der Waals surface area contributed by atoms with E-state index in [0.29, 0.717) is 13.0 Å². The lowest BCUT2D eigenvalue weighted by Crippen LogP contribution is -2.42. The summed E-state index contributed by atoms with van der Waals surface area (Å²) in [7, 11) is 0. The summed E-state index contributed by atoms with van der Waals surface area (Å²) in [5.74, 6) is 0. The lowest BCUT2D eigenvalue weighted by Gasteiger charge is -2.28. The Morgan fingerprint density at radius 1 is 1.35 bits per heavy atom. The molecule has 2 atom stereocenters. The number of hydrogen-bond acceptors (Lipinski definition) is 2. The molecule has 0 radical (unpaired) electrons. The Hall–Kier alpha value is -0.0400. The van der Waals surface area contributed by atoms with Crippen molar-refractivity contribution in [3.63, 3.8) is 0 Å². The van der Waals surface area contributed by atoms with Crippen molar-refractivity contribution >= 4 is 11.8 Å². The van der Waals surface area contributed by atoms with Gasteiger partial charge in [-0.1, -0.05) is 13.3 Å². The molecule has 1 fully saturated rings. The molecule has 0 aliphatic carbocycles. The summed E-state index contributed by atoms with van der Waals surface area (Å²) in [5.41, 5.74) is 0. The molecular weight excluding hydrogens is 261 g/mol. The molecule has 102 valence electrons. The highest BCUT2D eigenvalue weighted by Gasteiger charge is 2.53. The van der Waals surface area contributed by atoms with Crippen LogP contribution >= 0.6 is 11.8 Å². The highest BCUT2D eigenvalue weighted by atomic mass is 32.2. The van der Waals surface area contributed by atoms with E-state index in [1.165, 1.54) is 6.92 Å². The lowest BCUT2D eigenvalue weighted by atomic mass is 10.2. The summed E-state index contributed by atoms with van der Waals surface area (Å²) in [5, 5.41) is -5.21. The number of nitrogens with one attached hydrogen (secondary N) is 1. The highest BCUT2D eigenvalue weighted by molar-refractivity contribution is 8.01. The smallest absolute Gasteiger partial charge is 0.308 e. The van der Waals surface area contributed by atoms with Crippen LogP contribution in [0.5, 0.6) is 0 Å². The fraction of sp³-hybridized carbons (Fsp3) is 1.00. The molecule has 0 saturated carbocycles. The van der Waals surface area contributed by atoms with E-state index < -0.39 is 40.9 Å². The van der Waals surface area contributed by atoms with E-state index in [9.17, 15) is 22.0 Å². The predicted molar refractivity (Wildman–Crippen MR) is 58.3 cm³/mol. The molecule has 1 N–H and O–H groups in total. The molecule has 1 heterocycles. The van der Waals surface area contributed by atoms with Crippen molar-refractivity contribution in [2.45, 2.75) is 55.3 Å². The first kappa shape index (κ1) is 15.0. The third-order valence-corrected chi connectivity index (χ3v) is 3.73. The largest absolute Gasteiger partial charge is 0.329 e. The summed E-state index contributed by atoms with van der Waals surface area (Å²) in [6.07, 6.45) is -2.07. The maximum absolute atomic E-state index is 13.5. The van der Waals surface area contributed by atoms with Gasteiger partial charge in [0.15, 0.2) is 6.17 Å². The maximum Gasteiger partial charge on any atom is 0.329 e. The van der Waals surface area contributed by atoms with Crippen molar-refractivity contribution in [2.75, 3.05) is 6.54 Å². The highest BCUT2D eigenvalue weighted by Crippen LogP contribution is 2.48. The van der Waals surface area contributed by atoms with Gasteiger partial charge in [0.25, 0.3) is 0 Å². The van der Waals surface area contributed by atoms with Crippen LogP contribution in [0.25, 0.3) is 0 Å². The molecule has 0 aromatic carbocycles. The fourth-order valence-electron chi connectivity index (χ4n) is 1.71. The molecule has 2 unspecified atom stereocenters. The zero-order valence-corrected chi connectivity index (χ0v) is 10.3. The van der Waals surface area contributed by atoms with Crippen LogP contribution in [0.3, 0.4) is 0 Å². The zero-order valence-electron chi connectivity index (χ0n) is 9.49. The Bertz CT molecular complexity index is 243. The average Bonchev–Trinajstić information content (AvgIpc) is 2.69. The standard InChI is InChI=1S/C10H16F5NS/c1-2-4-7(11)9(12,13)17-10(14,15)8-5-3-6-16-8/h7-8,16H,2-6H2,1H3. The van der Waals surface area contributed by atoms with Gasteiger partial charge in [0.05, 0.1) is 6.04 Å². The Kier molecular flexibility index (Phi) is 5.07. The monoisotopic (exact) mass is 277 g/mol. The number of thioether (sulfide) groups is 1. The molecule has 0 spiro atoms. The maximum atomic E-state index is 13.5. The van der Waals surface area contributed by atoms with Crippen molar-refractivity contribution < 1.29 is 22.0 Å². The quantitative estimate of drug-likeness (QED) is 0.741. The van der Waals surface area contributed by atoms with Gasteiger partial charge in [-0.3, -0.25) is 0 Å². The summed E-state index contributed by atoms with van der Waals surface area (Å²) in [6.45, 7) is 1.92. The molecule has 0 bridgehead atoms. The van der Waals surface area contributed by atoms with Crippen molar-refractivity contribution in [3.8, 4) is 0 Å². The van der Waals surface area contributed by atoms with E-state index in [-0.39, 0.29) is 12.8 Å². The number of halogens is 5. The fourth-order valence-corrected chi connectivity index (χ4v) is 2.66. The van der Waals surface area contributed by atoms with Gasteiger partial charge in [-0.2, -0.15) is 17.6 Å². The second-order valence-electron chi connectivity index (χ2n) is 4.13. The number of rotatable bonds is 6. The van der Waals surface area contributed by atoms with Crippen molar-refractivity contribution in [1.82, 2.24) is 5.32 Å². The van der Waals surface area contributed by atoms with Crippen LogP contribution in [0.4, 0.5) is 22.0 Å². The van der Waals surface area contributed by atoms with Gasteiger partial charge in [0, 0.05) is 0 Å². The minimum atomic E-state index is -4.04. The molecule has 7 heteroatoms. The van der Waals surface area contributed by atoms with Crippen LogP contribution in [-0.4, -0.2) is 29.3 Å². The molecule has 1 aliphatic rings. The minimum Gasteiger partial charge on any atom is -0.308 e. The Morgan fingerprint density at radius 3 is 2.47 bits per heavy atom. The van der Waals surface area contributed by atoms with Gasteiger partial charge in [-0.15, -0.1) is 0 Å². The Labute approximate surface area is 102 Å². The molecule has 1 aliphatic heterocycles. The van der Waals surface area contributed by atoms with Gasteiger partial charge in [-0.25, -0.2) is 4.39 Å². The summed E-state index contributed by atoms with van der Waals surface area (Å²) < 4.78 is 66.5. The summed E-state index contributed by atoms with van der Waals surface area (Å²) in [4.78, 5) is 0. The third-order valence-electron chi connectivity index (χ3n) is 2.64. The van der Waals surface area contributed by atoms with E-state index in [0.717, 1.165) is 0 Å². The van der Waals surface area contributed by atoms with E-state index in [1.54, 1.807) is 0 Å². The number of alkyl halides is 5. The lowest BCUT2D eigenvalue weighted by molar-refractivity contribution is -0.00538. The van der Waals surface area contributed by atoms with Crippen molar-refractivity contribution in [1.29, 1.82) is 0 Å². The van der Waals surface area contributed by atoms with E-state index >= 15 is 0 Å². The Morgan fingerprint density at radius 2 is 2.00 bits per heavy atom. The second kappa shape index (κ2) is 5.73. The van der Waals surface area contributed by atoms with Gasteiger partial charge in [-0.05, 0) is 37.6 Å². The van der Waals surface area contributed by atoms with E-state index in [2.05, 4.69) is 5.32 Å². The molecule has 1 saturated heterocycles. The SMILES string of the molecule is CCCC(F)C(F)(F)SC(F)(F)C1CCCN1. The summed E-state index contributed by atoms with van der Waals surface area (Å²) >= 11 is -0.855. The molecular formula is C10H16F5NS. The molecule has 1 nitrogen and oxygen atoms in total. The first-order chi connectivity index (χ1) is 7.79. The predicted octanol–water partition coefficient (Wildman–Crippen LogP) is 3.80. The van der Waals surface area contributed by atoms with E-state index in [4.69, 9.17) is 0 Å². The molecule has 0 amide bonds. The van der Waals surface area contributed by atoms with Crippen molar-refractivity contribution in [3.05, 3.63) is 0 Å². The Balaban J connectivity index is 2.60. The first-order valence-corrected chi connectivity index (χ1v) is 6.44. The second-order valence-corrected chi connectivity index (χ2v) is 5.42. The van der Waals surface area contributed by atoms with Gasteiger partial charge in [0.2, 0.25) is 0 Å². The topological polar surface area (TPSA) is 12.0 Å². The van der Waals surface area contributed by atoms with Gasteiger partial charge in [0.1, 0.15) is 0 Å². The average molecular weight is 277 g/mol. The third kappa shape index (κ3) is 3.98. The van der Waals surface area contributed by atoms with Gasteiger partial charge >= 0.3 is 10.5 Å². The van der Waals surface area contributed by atoms with Crippen molar-refractivity contribution in [2.24, 2.45) is 0 Å². The normalized spacial score (nSPS) is 24.0. The molecule has 17 heavy (non-hydrogen) atoms. The van der Waals surface area contributed by atoms with E-state index in [1.807, 2.05) is 0 Å². The van der Waals surface area contributed by atoms with Gasteiger partial charge < -0.3 is 5.32 Å². The summed E-state index contributed by atoms with van der Waals surface area (Å²) in [6, 6.07) is -1.28. The van der Waals surface area contributed by atoms with Crippen LogP contribution in [0.15, 0.2) is 0 Å². The molecule has 0 aromatic heterocycles. The minimum absolute atomic E-state index is 0.140.